The molecule has 3 unspecified atom stereocenters. The number of hydrogen-bond acceptors (Lipinski definition) is 1. The third kappa shape index (κ3) is 3.01. The molecule has 2 heteroatoms. The molecule has 2 aliphatic rings. The Labute approximate surface area is 128 Å². The molecule has 21 heavy (non-hydrogen) atoms. The van der Waals surface area contributed by atoms with Crippen LogP contribution in [0.4, 0.5) is 4.39 Å². The molecule has 0 radical (unpaired) electrons. The predicted molar refractivity (Wildman–Crippen MR) is 85.9 cm³/mol. The smallest absolute Gasteiger partial charge is 0.123 e. The Bertz CT molecular complexity index is 463. The summed E-state index contributed by atoms with van der Waals surface area (Å²) < 4.78 is 13.2. The standard InChI is InChI=1S/C19H28FN/c1-14(2)16-4-3-9-19(12-16)10-11-21-13-18(19)15-5-7-17(20)8-6-15/h5-8,14,16,18,21H,3-4,9-13H2,1-2H3. The highest BCUT2D eigenvalue weighted by Gasteiger charge is 2.44. The van der Waals surface area contributed by atoms with E-state index in [2.05, 4.69) is 19.2 Å². The summed E-state index contributed by atoms with van der Waals surface area (Å²) in [5.41, 5.74) is 1.77. The third-order valence-electron chi connectivity index (χ3n) is 6.02. The van der Waals surface area contributed by atoms with Crippen molar-refractivity contribution in [2.24, 2.45) is 17.3 Å². The Morgan fingerprint density at radius 3 is 2.67 bits per heavy atom. The zero-order valence-electron chi connectivity index (χ0n) is 13.4. The second-order valence-electron chi connectivity index (χ2n) is 7.52. The summed E-state index contributed by atoms with van der Waals surface area (Å²) in [6, 6.07) is 7.27. The quantitative estimate of drug-likeness (QED) is 0.829. The molecule has 1 aliphatic heterocycles. The van der Waals surface area contributed by atoms with E-state index >= 15 is 0 Å². The van der Waals surface area contributed by atoms with Crippen molar-refractivity contribution in [3.63, 3.8) is 0 Å². The van der Waals surface area contributed by atoms with Gasteiger partial charge >= 0.3 is 0 Å². The number of rotatable bonds is 2. The van der Waals surface area contributed by atoms with Crippen molar-refractivity contribution in [2.75, 3.05) is 13.1 Å². The topological polar surface area (TPSA) is 12.0 Å². The van der Waals surface area contributed by atoms with Gasteiger partial charge in [-0.05, 0) is 60.8 Å². The van der Waals surface area contributed by atoms with Gasteiger partial charge in [-0.3, -0.25) is 0 Å². The zero-order valence-corrected chi connectivity index (χ0v) is 13.4. The molecule has 1 heterocycles. The van der Waals surface area contributed by atoms with E-state index in [-0.39, 0.29) is 5.82 Å². The summed E-state index contributed by atoms with van der Waals surface area (Å²) in [6.45, 7) is 6.94. The van der Waals surface area contributed by atoms with E-state index in [4.69, 9.17) is 0 Å². The molecule has 1 saturated heterocycles. The Morgan fingerprint density at radius 2 is 1.95 bits per heavy atom. The van der Waals surface area contributed by atoms with E-state index in [1.54, 1.807) is 12.1 Å². The van der Waals surface area contributed by atoms with Gasteiger partial charge in [-0.25, -0.2) is 4.39 Å². The van der Waals surface area contributed by atoms with Crippen molar-refractivity contribution in [3.8, 4) is 0 Å². The van der Waals surface area contributed by atoms with Crippen LogP contribution in [0.1, 0.15) is 57.4 Å². The van der Waals surface area contributed by atoms with Gasteiger partial charge in [-0.15, -0.1) is 0 Å². The fourth-order valence-electron chi connectivity index (χ4n) is 4.70. The normalized spacial score (nSPS) is 33.5. The van der Waals surface area contributed by atoms with Gasteiger partial charge < -0.3 is 5.32 Å². The molecule has 1 saturated carbocycles. The second kappa shape index (κ2) is 6.08. The number of piperidine rings is 1. The molecule has 1 nitrogen and oxygen atoms in total. The lowest BCUT2D eigenvalue weighted by molar-refractivity contribution is 0.0545. The average molecular weight is 289 g/mol. The van der Waals surface area contributed by atoms with E-state index in [0.717, 1.165) is 24.9 Å². The molecule has 0 aromatic heterocycles. The minimum atomic E-state index is -0.125. The first-order valence-corrected chi connectivity index (χ1v) is 8.57. The molecule has 1 aliphatic carbocycles. The summed E-state index contributed by atoms with van der Waals surface area (Å²) in [7, 11) is 0. The fraction of sp³-hybridized carbons (Fsp3) is 0.684. The first kappa shape index (κ1) is 15.0. The van der Waals surface area contributed by atoms with Gasteiger partial charge in [-0.2, -0.15) is 0 Å². The maximum Gasteiger partial charge on any atom is 0.123 e. The van der Waals surface area contributed by atoms with Gasteiger partial charge in [0.2, 0.25) is 0 Å². The van der Waals surface area contributed by atoms with Crippen LogP contribution in [0.3, 0.4) is 0 Å². The molecule has 0 amide bonds. The van der Waals surface area contributed by atoms with Gasteiger partial charge in [0.1, 0.15) is 5.82 Å². The third-order valence-corrected chi connectivity index (χ3v) is 6.02. The van der Waals surface area contributed by atoms with E-state index < -0.39 is 0 Å². The monoisotopic (exact) mass is 289 g/mol. The summed E-state index contributed by atoms with van der Waals surface area (Å²) in [5.74, 6) is 2.07. The van der Waals surface area contributed by atoms with Crippen LogP contribution in [0.2, 0.25) is 0 Å². The van der Waals surface area contributed by atoms with Crippen molar-refractivity contribution in [1.82, 2.24) is 5.32 Å². The summed E-state index contributed by atoms with van der Waals surface area (Å²) in [4.78, 5) is 0. The van der Waals surface area contributed by atoms with Crippen LogP contribution >= 0.6 is 0 Å². The van der Waals surface area contributed by atoms with E-state index in [0.29, 0.717) is 11.3 Å². The minimum absolute atomic E-state index is 0.125. The first-order chi connectivity index (χ1) is 10.1. The van der Waals surface area contributed by atoms with Gasteiger partial charge in [0, 0.05) is 12.5 Å². The Morgan fingerprint density at radius 1 is 1.19 bits per heavy atom. The Hall–Kier alpha value is -0.890. The van der Waals surface area contributed by atoms with Gasteiger partial charge in [0.05, 0.1) is 0 Å². The molecule has 1 aromatic carbocycles. The van der Waals surface area contributed by atoms with E-state index in [9.17, 15) is 4.39 Å². The largest absolute Gasteiger partial charge is 0.316 e. The molecule has 116 valence electrons. The van der Waals surface area contributed by atoms with Crippen LogP contribution in [0.15, 0.2) is 24.3 Å². The number of nitrogens with one attached hydrogen (secondary N) is 1. The second-order valence-corrected chi connectivity index (χ2v) is 7.52. The number of halogens is 1. The van der Waals surface area contributed by atoms with Crippen molar-refractivity contribution in [2.45, 2.75) is 51.9 Å². The lowest BCUT2D eigenvalue weighted by Crippen LogP contribution is -2.46. The highest BCUT2D eigenvalue weighted by Crippen LogP contribution is 2.53. The molecular weight excluding hydrogens is 261 g/mol. The highest BCUT2D eigenvalue weighted by molar-refractivity contribution is 5.25. The Kier molecular flexibility index (Phi) is 4.35. The van der Waals surface area contributed by atoms with Crippen LogP contribution < -0.4 is 5.32 Å². The maximum atomic E-state index is 13.2. The van der Waals surface area contributed by atoms with E-state index in [1.165, 1.54) is 37.7 Å². The molecule has 1 aromatic rings. The van der Waals surface area contributed by atoms with Gasteiger partial charge in [-0.1, -0.05) is 38.8 Å². The van der Waals surface area contributed by atoms with Crippen molar-refractivity contribution >= 4 is 0 Å². The van der Waals surface area contributed by atoms with Crippen LogP contribution in [-0.4, -0.2) is 13.1 Å². The lowest BCUT2D eigenvalue weighted by Gasteiger charge is -2.50. The number of hydrogen-bond donors (Lipinski definition) is 1. The SMILES string of the molecule is CC(C)C1CCCC2(CCNCC2c2ccc(F)cc2)C1. The molecule has 2 fully saturated rings. The zero-order chi connectivity index (χ0) is 14.9. The molecule has 1 spiro atoms. The van der Waals surface area contributed by atoms with Crippen LogP contribution in [0.25, 0.3) is 0 Å². The molecule has 3 rings (SSSR count). The van der Waals surface area contributed by atoms with Gasteiger partial charge in [0.15, 0.2) is 0 Å². The maximum absolute atomic E-state index is 13.2. The Balaban J connectivity index is 1.88. The molecule has 0 bridgehead atoms. The molecule has 3 atom stereocenters. The summed E-state index contributed by atoms with van der Waals surface area (Å²) >= 11 is 0. The predicted octanol–water partition coefficient (Wildman–Crippen LogP) is 4.74. The number of benzene rings is 1. The minimum Gasteiger partial charge on any atom is -0.316 e. The van der Waals surface area contributed by atoms with Crippen molar-refractivity contribution in [3.05, 3.63) is 35.6 Å². The van der Waals surface area contributed by atoms with Crippen molar-refractivity contribution in [1.29, 1.82) is 0 Å². The van der Waals surface area contributed by atoms with Crippen LogP contribution in [0.5, 0.6) is 0 Å². The van der Waals surface area contributed by atoms with Crippen LogP contribution in [-0.2, 0) is 0 Å². The van der Waals surface area contributed by atoms with Crippen molar-refractivity contribution < 1.29 is 4.39 Å². The van der Waals surface area contributed by atoms with E-state index in [1.807, 2.05) is 12.1 Å². The molecular formula is C19H28FN. The lowest BCUT2D eigenvalue weighted by atomic mass is 9.57. The highest BCUT2D eigenvalue weighted by atomic mass is 19.1. The van der Waals surface area contributed by atoms with Gasteiger partial charge in [0.25, 0.3) is 0 Å². The average Bonchev–Trinajstić information content (AvgIpc) is 2.49. The van der Waals surface area contributed by atoms with Crippen LogP contribution in [0, 0.1) is 23.1 Å². The first-order valence-electron chi connectivity index (χ1n) is 8.57. The fourth-order valence-corrected chi connectivity index (χ4v) is 4.70. The summed E-state index contributed by atoms with van der Waals surface area (Å²) in [5, 5.41) is 3.57. The summed E-state index contributed by atoms with van der Waals surface area (Å²) in [6.07, 6.45) is 6.73. The molecule has 1 N–H and O–H groups in total.